The highest BCUT2D eigenvalue weighted by Crippen LogP contribution is 2.08. The van der Waals surface area contributed by atoms with E-state index < -0.39 is 16.8 Å². The normalized spacial score (nSPS) is 16.4. The van der Waals surface area contributed by atoms with Gasteiger partial charge in [0.15, 0.2) is 0 Å². The molecular formula is C7H14O3S. The van der Waals surface area contributed by atoms with Gasteiger partial charge >= 0.3 is 5.97 Å². The van der Waals surface area contributed by atoms with Gasteiger partial charge in [-0.2, -0.15) is 0 Å². The Bertz CT molecular complexity index is 165. The predicted molar refractivity (Wildman–Crippen MR) is 44.9 cm³/mol. The molecule has 11 heavy (non-hydrogen) atoms. The molecule has 1 N–H and O–H groups in total. The summed E-state index contributed by atoms with van der Waals surface area (Å²) in [6, 6.07) is 0. The summed E-state index contributed by atoms with van der Waals surface area (Å²) in [5.74, 6) is -0.953. The molecule has 0 aromatic heterocycles. The second kappa shape index (κ2) is 4.49. The first-order valence-electron chi connectivity index (χ1n) is 3.54. The highest BCUT2D eigenvalue weighted by molar-refractivity contribution is 7.86. The van der Waals surface area contributed by atoms with Crippen LogP contribution in [0.5, 0.6) is 0 Å². The van der Waals surface area contributed by atoms with Crippen molar-refractivity contribution in [2.45, 2.75) is 26.0 Å². The maximum atomic E-state index is 11.1. The number of hydrogen-bond acceptors (Lipinski definition) is 2. The zero-order chi connectivity index (χ0) is 9.02. The minimum Gasteiger partial charge on any atom is -0.481 e. The van der Waals surface area contributed by atoms with Gasteiger partial charge in [-0.15, -0.1) is 0 Å². The topological polar surface area (TPSA) is 54.4 Å². The molecule has 4 heteroatoms. The summed E-state index contributed by atoms with van der Waals surface area (Å²) in [6.07, 6.45) is 0. The summed E-state index contributed by atoms with van der Waals surface area (Å²) >= 11 is 0. The fourth-order valence-electron chi connectivity index (χ4n) is 0.557. The molecular weight excluding hydrogens is 164 g/mol. The SMILES string of the molecule is CC(C)C(C)S(=O)CC(=O)O. The fourth-order valence-corrected chi connectivity index (χ4v) is 1.67. The van der Waals surface area contributed by atoms with Gasteiger partial charge in [0.2, 0.25) is 0 Å². The molecule has 0 saturated carbocycles. The van der Waals surface area contributed by atoms with Gasteiger partial charge < -0.3 is 5.11 Å². The van der Waals surface area contributed by atoms with Crippen molar-refractivity contribution >= 4 is 16.8 Å². The number of carboxylic acid groups (broad SMARTS) is 1. The third-order valence-electron chi connectivity index (χ3n) is 1.62. The molecule has 0 radical (unpaired) electrons. The van der Waals surface area contributed by atoms with Crippen LogP contribution in [0, 0.1) is 5.92 Å². The first-order valence-corrected chi connectivity index (χ1v) is 4.92. The highest BCUT2D eigenvalue weighted by Gasteiger charge is 2.17. The first-order chi connectivity index (χ1) is 4.95. The lowest BCUT2D eigenvalue weighted by molar-refractivity contribution is -0.133. The van der Waals surface area contributed by atoms with Crippen LogP contribution in [-0.2, 0) is 15.6 Å². The molecule has 0 aliphatic carbocycles. The van der Waals surface area contributed by atoms with Crippen LogP contribution in [0.25, 0.3) is 0 Å². The molecule has 0 aliphatic heterocycles. The second-order valence-electron chi connectivity index (χ2n) is 2.87. The summed E-state index contributed by atoms with van der Waals surface area (Å²) in [5.41, 5.74) is 0. The van der Waals surface area contributed by atoms with Gasteiger partial charge in [-0.3, -0.25) is 9.00 Å². The van der Waals surface area contributed by atoms with Crippen LogP contribution in [-0.4, -0.2) is 26.3 Å². The predicted octanol–water partition coefficient (Wildman–Crippen LogP) is 0.864. The fraction of sp³-hybridized carbons (Fsp3) is 0.857. The zero-order valence-electron chi connectivity index (χ0n) is 7.03. The van der Waals surface area contributed by atoms with Gasteiger partial charge in [0.05, 0.1) is 0 Å². The third kappa shape index (κ3) is 4.14. The van der Waals surface area contributed by atoms with E-state index in [-0.39, 0.29) is 16.9 Å². The maximum absolute atomic E-state index is 11.1. The monoisotopic (exact) mass is 178 g/mol. The van der Waals surface area contributed by atoms with Crippen molar-refractivity contribution in [1.29, 1.82) is 0 Å². The number of carboxylic acids is 1. The van der Waals surface area contributed by atoms with Gasteiger partial charge in [-0.1, -0.05) is 20.8 Å². The first kappa shape index (κ1) is 10.6. The largest absolute Gasteiger partial charge is 0.481 e. The molecule has 0 amide bonds. The van der Waals surface area contributed by atoms with Gasteiger partial charge in [-0.05, 0) is 5.92 Å². The lowest BCUT2D eigenvalue weighted by Crippen LogP contribution is -2.23. The van der Waals surface area contributed by atoms with Crippen molar-refractivity contribution in [1.82, 2.24) is 0 Å². The molecule has 0 aromatic carbocycles. The molecule has 0 aromatic rings. The van der Waals surface area contributed by atoms with E-state index in [4.69, 9.17) is 5.11 Å². The van der Waals surface area contributed by atoms with Crippen molar-refractivity contribution in [3.05, 3.63) is 0 Å². The standard InChI is InChI=1S/C7H14O3S/c1-5(2)6(3)11(10)4-7(8)9/h5-6H,4H2,1-3H3,(H,8,9). The molecule has 2 atom stereocenters. The van der Waals surface area contributed by atoms with Gasteiger partial charge in [0.25, 0.3) is 0 Å². The van der Waals surface area contributed by atoms with Crippen LogP contribution < -0.4 is 0 Å². The van der Waals surface area contributed by atoms with E-state index in [0.29, 0.717) is 0 Å². The highest BCUT2D eigenvalue weighted by atomic mass is 32.2. The molecule has 0 saturated heterocycles. The van der Waals surface area contributed by atoms with Crippen LogP contribution in [0.15, 0.2) is 0 Å². The molecule has 66 valence electrons. The number of carbonyl (C=O) groups is 1. The van der Waals surface area contributed by atoms with Crippen molar-refractivity contribution in [3.63, 3.8) is 0 Å². The maximum Gasteiger partial charge on any atom is 0.316 e. The number of rotatable bonds is 4. The van der Waals surface area contributed by atoms with Crippen molar-refractivity contribution in [2.24, 2.45) is 5.92 Å². The molecule has 3 nitrogen and oxygen atoms in total. The van der Waals surface area contributed by atoms with Crippen LogP contribution in [0.3, 0.4) is 0 Å². The Morgan fingerprint density at radius 2 is 1.91 bits per heavy atom. The average Bonchev–Trinajstić information content (AvgIpc) is 1.84. The van der Waals surface area contributed by atoms with Gasteiger partial charge in [0, 0.05) is 16.0 Å². The smallest absolute Gasteiger partial charge is 0.316 e. The Hall–Kier alpha value is -0.380. The van der Waals surface area contributed by atoms with Crippen molar-refractivity contribution in [3.8, 4) is 0 Å². The minimum atomic E-state index is -1.22. The summed E-state index contributed by atoms with van der Waals surface area (Å²) in [4.78, 5) is 10.1. The second-order valence-corrected chi connectivity index (χ2v) is 4.66. The van der Waals surface area contributed by atoms with Crippen molar-refractivity contribution < 1.29 is 14.1 Å². The van der Waals surface area contributed by atoms with E-state index in [9.17, 15) is 9.00 Å². The van der Waals surface area contributed by atoms with E-state index in [1.54, 1.807) is 0 Å². The molecule has 2 unspecified atom stereocenters. The van der Waals surface area contributed by atoms with E-state index in [2.05, 4.69) is 0 Å². The molecule has 0 heterocycles. The van der Waals surface area contributed by atoms with E-state index in [1.807, 2.05) is 20.8 Å². The van der Waals surface area contributed by atoms with Crippen LogP contribution >= 0.6 is 0 Å². The zero-order valence-corrected chi connectivity index (χ0v) is 7.85. The third-order valence-corrected chi connectivity index (χ3v) is 3.52. The summed E-state index contributed by atoms with van der Waals surface area (Å²) in [5, 5.41) is 8.29. The molecule has 0 aliphatic rings. The van der Waals surface area contributed by atoms with Crippen molar-refractivity contribution in [2.75, 3.05) is 5.75 Å². The number of hydrogen-bond donors (Lipinski definition) is 1. The summed E-state index contributed by atoms with van der Waals surface area (Å²) in [6.45, 7) is 5.68. The van der Waals surface area contributed by atoms with E-state index >= 15 is 0 Å². The summed E-state index contributed by atoms with van der Waals surface area (Å²) < 4.78 is 11.1. The van der Waals surface area contributed by atoms with Crippen LogP contribution in [0.2, 0.25) is 0 Å². The number of aliphatic carboxylic acids is 1. The van der Waals surface area contributed by atoms with E-state index in [1.165, 1.54) is 0 Å². The Labute approximate surface area is 69.3 Å². The minimum absolute atomic E-state index is 0.0360. The Morgan fingerprint density at radius 1 is 1.45 bits per heavy atom. The molecule has 0 bridgehead atoms. The van der Waals surface area contributed by atoms with Gasteiger partial charge in [0.1, 0.15) is 5.75 Å². The van der Waals surface area contributed by atoms with Crippen LogP contribution in [0.4, 0.5) is 0 Å². The average molecular weight is 178 g/mol. The quantitative estimate of drug-likeness (QED) is 0.694. The lowest BCUT2D eigenvalue weighted by Gasteiger charge is -2.12. The molecule has 0 spiro atoms. The van der Waals surface area contributed by atoms with Crippen LogP contribution in [0.1, 0.15) is 20.8 Å². The molecule has 0 fully saturated rings. The van der Waals surface area contributed by atoms with E-state index in [0.717, 1.165) is 0 Å². The molecule has 0 rings (SSSR count). The Kier molecular flexibility index (Phi) is 4.33. The Balaban J connectivity index is 3.93. The Morgan fingerprint density at radius 3 is 2.18 bits per heavy atom. The lowest BCUT2D eigenvalue weighted by atomic mass is 10.2. The summed E-state index contributed by atoms with van der Waals surface area (Å²) in [7, 11) is -1.22. The van der Waals surface area contributed by atoms with Gasteiger partial charge in [-0.25, -0.2) is 0 Å².